The van der Waals surface area contributed by atoms with E-state index in [-0.39, 0.29) is 105 Å². The predicted octanol–water partition coefficient (Wildman–Crippen LogP) is 23.2. The van der Waals surface area contributed by atoms with Crippen molar-refractivity contribution >= 4 is 190 Å². The van der Waals surface area contributed by atoms with E-state index in [0.29, 0.717) is 82.8 Å². The Hall–Kier alpha value is -14.6. The summed E-state index contributed by atoms with van der Waals surface area (Å²) < 4.78 is 53.1. The summed E-state index contributed by atoms with van der Waals surface area (Å²) in [6, 6.07) is 49.6. The molecular formula is C110H99Cl2F2N17O12S4. The van der Waals surface area contributed by atoms with Gasteiger partial charge in [-0.25, -0.2) is 19.9 Å². The quantitative estimate of drug-likeness (QED) is 0.0394. The Morgan fingerprint density at radius 2 is 0.803 bits per heavy atom. The van der Waals surface area contributed by atoms with Crippen LogP contribution < -0.4 is 21.3 Å². The molecule has 8 fully saturated rings. The second-order valence-electron chi connectivity index (χ2n) is 39.4. The molecule has 25 rings (SSSR count). The van der Waals surface area contributed by atoms with Gasteiger partial charge in [-0.1, -0.05) is 85.9 Å². The molecule has 4 spiro atoms. The van der Waals surface area contributed by atoms with Crippen molar-refractivity contribution in [3.8, 4) is 42.4 Å². The summed E-state index contributed by atoms with van der Waals surface area (Å²) in [6.07, 6.45) is 30.2. The molecule has 4 aromatic carbocycles. The number of nitrogens with zero attached hydrogens (tertiary/aromatic N) is 13. The van der Waals surface area contributed by atoms with Crippen LogP contribution in [-0.4, -0.2) is 174 Å². The first-order valence-corrected chi connectivity index (χ1v) is 52.6. The minimum Gasteiger partial charge on any atom is -0.464 e. The Morgan fingerprint density at radius 1 is 0.429 bits per heavy atom. The number of imidazole rings is 4. The second-order valence-corrected chi connectivity index (χ2v) is 44.6. The number of thiophene rings is 4. The maximum atomic E-state index is 14.2. The van der Waals surface area contributed by atoms with E-state index in [0.717, 1.165) is 187 Å². The molecule has 4 aliphatic heterocycles. The van der Waals surface area contributed by atoms with E-state index in [1.54, 1.807) is 66.2 Å². The van der Waals surface area contributed by atoms with E-state index in [9.17, 15) is 47.1 Å². The van der Waals surface area contributed by atoms with Gasteiger partial charge in [0.25, 0.3) is 29.6 Å². The predicted molar refractivity (Wildman–Crippen MR) is 566 cm³/mol. The number of halogens is 4. The van der Waals surface area contributed by atoms with Crippen LogP contribution >= 0.6 is 68.5 Å². The van der Waals surface area contributed by atoms with Crippen molar-refractivity contribution in [1.82, 2.24) is 62.8 Å². The van der Waals surface area contributed by atoms with Gasteiger partial charge in [0, 0.05) is 110 Å². The second kappa shape index (κ2) is 39.3. The van der Waals surface area contributed by atoms with Crippen LogP contribution in [0.15, 0.2) is 265 Å². The molecular weight excluding hydrogens is 1990 g/mol. The van der Waals surface area contributed by atoms with Gasteiger partial charge in [-0.15, -0.1) is 45.3 Å². The number of likely N-dealkylation sites (tertiary alicyclic amines) is 4. The third-order valence-electron chi connectivity index (χ3n) is 30.2. The average molecular weight is 2090 g/mol. The number of alkyl halides is 2. The third kappa shape index (κ3) is 18.8. The van der Waals surface area contributed by atoms with E-state index in [4.69, 9.17) is 56.5 Å². The zero-order chi connectivity index (χ0) is 102. The molecule has 0 atom stereocenters. The highest BCUT2D eigenvalue weighted by molar-refractivity contribution is 7.18. The number of para-hydroxylation sites is 3. The average Bonchev–Trinajstić information content (AvgIpc) is 1.72. The number of carbonyl (C=O) groups excluding carboxylic acids is 8. The number of aromatic nitrogens is 9. The van der Waals surface area contributed by atoms with Gasteiger partial charge in [0.1, 0.15) is 29.4 Å². The molecule has 0 bridgehead atoms. The number of pyridine rings is 1. The number of anilines is 4. The standard InChI is InChI=1S/C30H27N5O2S.C28H26F2N4O4S.2C26H23ClN4O3S/c1-2-27(36)34-13-12-30(18-34)14-20(15-30)35-24-9-4-3-8-23(24)32-29(35)33-28(37)26-11-10-25(38-26)22-17-31-16-19-6-5-7-21(19)22;1-2-24(36)33-10-9-27(15-33)13-18(14-27)34-20-6-5-17(28(29,30)16-35)12-19(20)31-26(34)32-25(37)23-8-7-22(39-23)21-4-3-11-38-21;1-2-22(32)30-11-10-26(15-30)13-16(14-26)31-18-6-3-5-17(27)23(18)28-25(31)29-24(33)21-9-8-20(35-21)19-7-4-12-34-19;1-2-23(32)30-10-9-26(15-30)13-17(14-26)31-19-6-5-16(27)12-18(19)28-25(31)29-24(33)22-8-7-21(35-22)20-4-3-11-34-20/h2-5,7-11,16-17,20H,1,6,12-15,18H2,(H,32,33,37);2-8,11-12,18,35H,1,9-10,13-16H2,(H,31,32,37);2-9,12,16H,1,10-11,13-15H2,(H,28,29,33);2-8,11-12,17H,1,9-10,13-15H2,(H,28,29,33). The van der Waals surface area contributed by atoms with Crippen molar-refractivity contribution in [2.24, 2.45) is 21.7 Å². The van der Waals surface area contributed by atoms with E-state index < -0.39 is 12.5 Å². The Bertz CT molecular complexity index is 7950. The highest BCUT2D eigenvalue weighted by atomic mass is 35.5. The minimum absolute atomic E-state index is 0.00827. The fourth-order valence-electron chi connectivity index (χ4n) is 22.9. The number of carbonyl (C=O) groups is 8. The first-order valence-electron chi connectivity index (χ1n) is 48.5. The number of benzene rings is 4. The van der Waals surface area contributed by atoms with Crippen molar-refractivity contribution in [3.63, 3.8) is 0 Å². The lowest BCUT2D eigenvalue weighted by Crippen LogP contribution is -2.42. The van der Waals surface area contributed by atoms with Gasteiger partial charge < -0.3 is 56.2 Å². The van der Waals surface area contributed by atoms with Gasteiger partial charge in [-0.05, 0) is 280 Å². The highest BCUT2D eigenvalue weighted by Gasteiger charge is 2.55. The van der Waals surface area contributed by atoms with Crippen LogP contribution in [0, 0.1) is 21.7 Å². The van der Waals surface area contributed by atoms with E-state index in [1.807, 2.05) is 135 Å². The van der Waals surface area contributed by atoms with Crippen LogP contribution in [0.25, 0.3) is 92.6 Å². The van der Waals surface area contributed by atoms with Crippen LogP contribution in [0.4, 0.5) is 32.6 Å². The van der Waals surface area contributed by atoms with Crippen molar-refractivity contribution in [2.75, 3.05) is 80.2 Å². The third-order valence-corrected chi connectivity index (χ3v) is 35.2. The van der Waals surface area contributed by atoms with Gasteiger partial charge >= 0.3 is 0 Å². The van der Waals surface area contributed by atoms with Crippen molar-refractivity contribution in [3.05, 3.63) is 298 Å². The Morgan fingerprint density at radius 3 is 1.22 bits per heavy atom. The molecule has 12 aromatic heterocycles. The molecule has 37 heteroatoms. The molecule has 16 heterocycles. The Kier molecular flexibility index (Phi) is 26.0. The van der Waals surface area contributed by atoms with Crippen LogP contribution in [0.1, 0.15) is 157 Å². The molecule has 748 valence electrons. The van der Waals surface area contributed by atoms with Crippen molar-refractivity contribution < 1.29 is 65.5 Å². The fourth-order valence-corrected chi connectivity index (χ4v) is 26.9. The number of furan rings is 3. The van der Waals surface area contributed by atoms with E-state index in [2.05, 4.69) is 89.5 Å². The lowest BCUT2D eigenvalue weighted by molar-refractivity contribution is -0.126. The van der Waals surface area contributed by atoms with Crippen LogP contribution in [0.2, 0.25) is 10.0 Å². The molecule has 4 saturated heterocycles. The summed E-state index contributed by atoms with van der Waals surface area (Å²) in [6.45, 7) is 19.0. The fraction of sp³-hybridized carbons (Fsp3) is 0.282. The summed E-state index contributed by atoms with van der Waals surface area (Å²) in [5, 5.41) is 22.4. The summed E-state index contributed by atoms with van der Waals surface area (Å²) >= 11 is 18.2. The maximum absolute atomic E-state index is 14.2. The number of amides is 8. The highest BCUT2D eigenvalue weighted by Crippen LogP contribution is 2.60. The maximum Gasteiger partial charge on any atom is 0.295 e. The number of nitrogens with one attached hydrogen (secondary N) is 4. The van der Waals surface area contributed by atoms with Crippen LogP contribution in [0.3, 0.4) is 0 Å². The van der Waals surface area contributed by atoms with E-state index >= 15 is 0 Å². The molecule has 16 aromatic rings. The van der Waals surface area contributed by atoms with Crippen molar-refractivity contribution in [1.29, 1.82) is 0 Å². The van der Waals surface area contributed by atoms with Gasteiger partial charge in [0.2, 0.25) is 47.4 Å². The number of rotatable bonds is 22. The molecule has 147 heavy (non-hydrogen) atoms. The van der Waals surface area contributed by atoms with Gasteiger partial charge in [-0.2, -0.15) is 8.78 Å². The molecule has 0 unspecified atom stereocenters. The van der Waals surface area contributed by atoms with E-state index in [1.165, 1.54) is 92.9 Å². The molecule has 5 N–H and O–H groups in total. The SMILES string of the molecule is C=CC(=O)N1CCC2(CC(n3c(NC(=O)c4ccc(-c5ccco5)s4)nc4c(Cl)cccc43)C2)C1.C=CC(=O)N1CCC2(CC(n3c(NC(=O)c4ccc(-c5ccco5)s4)nc4cc(C(F)(F)CO)ccc43)C2)C1.C=CC(=O)N1CCC2(CC(n3c(NC(=O)c4ccc(-c5ccco5)s4)nc4cc(Cl)ccc43)C2)C1.C=CC(=O)N1CCC2(CC(n3c(NC(=O)c4ccc(-c5cncc6c5C=CC6)s4)nc4ccccc43)C2)C1. The smallest absolute Gasteiger partial charge is 0.295 e. The van der Waals surface area contributed by atoms with Crippen LogP contribution in [-0.2, 0) is 31.5 Å². The lowest BCUT2D eigenvalue weighted by Gasteiger charge is -2.46. The van der Waals surface area contributed by atoms with Gasteiger partial charge in [-0.3, -0.25) is 64.6 Å². The summed E-state index contributed by atoms with van der Waals surface area (Å²) in [4.78, 5) is 138. The monoisotopic (exact) mass is 2090 g/mol. The molecule has 4 saturated carbocycles. The minimum atomic E-state index is -3.41. The first kappa shape index (κ1) is 97.2. The number of aliphatic hydroxyl groups excluding tert-OH is 1. The van der Waals surface area contributed by atoms with Gasteiger partial charge in [0.15, 0.2) is 0 Å². The zero-order valence-electron chi connectivity index (χ0n) is 79.5. The normalized spacial score (nSPS) is 21.3. The summed E-state index contributed by atoms with van der Waals surface area (Å²) in [5.74, 6) is -0.509. The summed E-state index contributed by atoms with van der Waals surface area (Å²) in [5.41, 5.74) is 9.48. The molecule has 8 amide bonds. The Labute approximate surface area is 867 Å². The number of aliphatic hydroxyl groups is 1. The van der Waals surface area contributed by atoms with Crippen molar-refractivity contribution in [2.45, 2.75) is 114 Å². The molecule has 0 radical (unpaired) electrons. The number of hydrogen-bond donors (Lipinski definition) is 5. The topological polar surface area (TPSA) is 341 Å². The molecule has 9 aliphatic rings. The molecule has 5 aliphatic carbocycles. The number of hydrogen-bond acceptors (Lipinski definition) is 21. The van der Waals surface area contributed by atoms with Crippen LogP contribution in [0.5, 0.6) is 0 Å². The Balaban J connectivity index is 0.000000111. The molecule has 29 nitrogen and oxygen atoms in total. The van der Waals surface area contributed by atoms with Gasteiger partial charge in [0.05, 0.1) is 96.6 Å². The largest absolute Gasteiger partial charge is 0.464 e. The zero-order valence-corrected chi connectivity index (χ0v) is 84.3. The lowest BCUT2D eigenvalue weighted by atomic mass is 9.64. The number of fused-ring (bicyclic) bond motifs is 5. The number of allylic oxidation sites excluding steroid dienone is 1. The summed E-state index contributed by atoms with van der Waals surface area (Å²) in [7, 11) is 0. The first-order chi connectivity index (χ1) is 71.2.